The van der Waals surface area contributed by atoms with E-state index in [0.717, 1.165) is 5.75 Å². The number of hydrogen-bond donors (Lipinski definition) is 0. The average Bonchev–Trinajstić information content (AvgIpc) is 3.29. The first-order valence-corrected chi connectivity index (χ1v) is 11.2. The number of carbonyl (C=O) groups is 2. The number of rotatable bonds is 8. The Morgan fingerprint density at radius 1 is 0.886 bits per heavy atom. The molecule has 35 heavy (non-hydrogen) atoms. The van der Waals surface area contributed by atoms with E-state index in [0.29, 0.717) is 34.4 Å². The molecule has 0 aliphatic carbocycles. The molecule has 3 aromatic carbocycles. The Balaban J connectivity index is 1.47. The monoisotopic (exact) mass is 476 g/mol. The van der Waals surface area contributed by atoms with Gasteiger partial charge in [0.1, 0.15) is 11.5 Å². The normalized spacial score (nSPS) is 15.0. The van der Waals surface area contributed by atoms with Gasteiger partial charge in [0.2, 0.25) is 17.6 Å². The minimum atomic E-state index is -0.480. The van der Waals surface area contributed by atoms with E-state index in [1.807, 2.05) is 54.6 Å². The zero-order valence-electron chi connectivity index (χ0n) is 20.2. The minimum Gasteiger partial charge on any atom is -0.493 e. The zero-order chi connectivity index (χ0) is 24.9. The van der Waals surface area contributed by atoms with E-state index in [1.165, 1.54) is 21.3 Å². The van der Waals surface area contributed by atoms with E-state index in [9.17, 15) is 9.59 Å². The molecule has 1 aliphatic rings. The van der Waals surface area contributed by atoms with Crippen LogP contribution < -0.4 is 28.7 Å². The highest BCUT2D eigenvalue weighted by molar-refractivity contribution is 6.04. The number of anilines is 2. The van der Waals surface area contributed by atoms with Crippen LogP contribution >= 0.6 is 0 Å². The SMILES string of the molecule is COc1cc(N2CC(C(=O)N(C)c3ccc(Oc4ccccc4)cc3)CC2=O)cc(OC)c1OC. The largest absolute Gasteiger partial charge is 0.493 e. The summed E-state index contributed by atoms with van der Waals surface area (Å²) in [6, 6.07) is 20.2. The second-order valence-corrected chi connectivity index (χ2v) is 8.10. The molecule has 182 valence electrons. The number of benzene rings is 3. The molecule has 3 aromatic rings. The number of hydrogen-bond acceptors (Lipinski definition) is 6. The maximum Gasteiger partial charge on any atom is 0.232 e. The first-order valence-electron chi connectivity index (χ1n) is 11.2. The molecule has 8 heteroatoms. The van der Waals surface area contributed by atoms with Gasteiger partial charge in [-0.3, -0.25) is 9.59 Å². The summed E-state index contributed by atoms with van der Waals surface area (Å²) in [4.78, 5) is 29.2. The van der Waals surface area contributed by atoms with Gasteiger partial charge in [0, 0.05) is 37.8 Å². The molecule has 0 spiro atoms. The second kappa shape index (κ2) is 10.4. The van der Waals surface area contributed by atoms with E-state index >= 15 is 0 Å². The Morgan fingerprint density at radius 3 is 2.06 bits per heavy atom. The Hall–Kier alpha value is -4.20. The number of carbonyl (C=O) groups excluding carboxylic acids is 2. The second-order valence-electron chi connectivity index (χ2n) is 8.10. The van der Waals surface area contributed by atoms with E-state index in [-0.39, 0.29) is 24.8 Å². The molecule has 1 unspecified atom stereocenters. The molecule has 1 heterocycles. The molecule has 0 bridgehead atoms. The molecule has 0 N–H and O–H groups in total. The maximum atomic E-state index is 13.2. The lowest BCUT2D eigenvalue weighted by Crippen LogP contribution is -2.34. The smallest absolute Gasteiger partial charge is 0.232 e. The summed E-state index contributed by atoms with van der Waals surface area (Å²) >= 11 is 0. The number of amides is 2. The summed E-state index contributed by atoms with van der Waals surface area (Å²) in [5, 5.41) is 0. The summed E-state index contributed by atoms with van der Waals surface area (Å²) in [6.07, 6.45) is 0.120. The highest BCUT2D eigenvalue weighted by Gasteiger charge is 2.37. The van der Waals surface area contributed by atoms with Gasteiger partial charge in [-0.2, -0.15) is 0 Å². The van der Waals surface area contributed by atoms with E-state index in [4.69, 9.17) is 18.9 Å². The van der Waals surface area contributed by atoms with Crippen LogP contribution in [0.15, 0.2) is 66.7 Å². The average molecular weight is 477 g/mol. The fourth-order valence-electron chi connectivity index (χ4n) is 4.11. The molecular formula is C27H28N2O6. The first-order chi connectivity index (χ1) is 16.9. The molecule has 0 saturated carbocycles. The van der Waals surface area contributed by atoms with Gasteiger partial charge in [-0.15, -0.1) is 0 Å². The van der Waals surface area contributed by atoms with Crippen LogP contribution in [0.2, 0.25) is 0 Å². The van der Waals surface area contributed by atoms with Crippen molar-refractivity contribution in [3.63, 3.8) is 0 Å². The van der Waals surface area contributed by atoms with Gasteiger partial charge in [-0.1, -0.05) is 18.2 Å². The van der Waals surface area contributed by atoms with Gasteiger partial charge in [0.05, 0.1) is 32.9 Å². The predicted molar refractivity (Wildman–Crippen MR) is 133 cm³/mol. The molecule has 1 atom stereocenters. The van der Waals surface area contributed by atoms with Gasteiger partial charge in [-0.05, 0) is 36.4 Å². The van der Waals surface area contributed by atoms with Crippen LogP contribution in [0.1, 0.15) is 6.42 Å². The van der Waals surface area contributed by atoms with Crippen molar-refractivity contribution in [1.82, 2.24) is 0 Å². The molecule has 1 aliphatic heterocycles. The first kappa shape index (κ1) is 23.9. The van der Waals surface area contributed by atoms with E-state index in [1.54, 1.807) is 29.0 Å². The molecule has 1 saturated heterocycles. The summed E-state index contributed by atoms with van der Waals surface area (Å²) in [6.45, 7) is 0.260. The van der Waals surface area contributed by atoms with Crippen molar-refractivity contribution in [2.24, 2.45) is 5.92 Å². The Labute approximate surface area is 204 Å². The van der Waals surface area contributed by atoms with Crippen molar-refractivity contribution in [2.45, 2.75) is 6.42 Å². The maximum absolute atomic E-state index is 13.2. The molecule has 1 fully saturated rings. The number of para-hydroxylation sites is 1. The molecule has 0 aromatic heterocycles. The highest BCUT2D eigenvalue weighted by atomic mass is 16.5. The van der Waals surface area contributed by atoms with Crippen LogP contribution in [-0.4, -0.2) is 46.7 Å². The third-order valence-corrected chi connectivity index (χ3v) is 5.97. The van der Waals surface area contributed by atoms with Crippen LogP contribution in [0.3, 0.4) is 0 Å². The molecule has 2 amide bonds. The van der Waals surface area contributed by atoms with E-state index in [2.05, 4.69) is 0 Å². The molecule has 0 radical (unpaired) electrons. The summed E-state index contributed by atoms with van der Waals surface area (Å²) in [5.74, 6) is 1.98. The lowest BCUT2D eigenvalue weighted by atomic mass is 10.1. The predicted octanol–water partition coefficient (Wildman–Crippen LogP) is 4.52. The fourth-order valence-corrected chi connectivity index (χ4v) is 4.11. The van der Waals surface area contributed by atoms with Crippen LogP contribution in [-0.2, 0) is 9.59 Å². The highest BCUT2D eigenvalue weighted by Crippen LogP contribution is 2.42. The molecule has 8 nitrogen and oxygen atoms in total. The van der Waals surface area contributed by atoms with Crippen LogP contribution in [0.4, 0.5) is 11.4 Å². The third kappa shape index (κ3) is 5.01. The van der Waals surface area contributed by atoms with Crippen molar-refractivity contribution in [1.29, 1.82) is 0 Å². The van der Waals surface area contributed by atoms with Crippen LogP contribution in [0, 0.1) is 5.92 Å². The molecule has 4 rings (SSSR count). The van der Waals surface area contributed by atoms with Crippen molar-refractivity contribution >= 4 is 23.2 Å². The van der Waals surface area contributed by atoms with Crippen LogP contribution in [0.25, 0.3) is 0 Å². The van der Waals surface area contributed by atoms with Crippen molar-refractivity contribution in [2.75, 3.05) is 44.7 Å². The minimum absolute atomic E-state index is 0.120. The van der Waals surface area contributed by atoms with Crippen molar-refractivity contribution in [3.8, 4) is 28.7 Å². The Bertz CT molecular complexity index is 1170. The lowest BCUT2D eigenvalue weighted by Gasteiger charge is -2.23. The van der Waals surface area contributed by atoms with E-state index < -0.39 is 5.92 Å². The third-order valence-electron chi connectivity index (χ3n) is 5.97. The van der Waals surface area contributed by atoms with Crippen LogP contribution in [0.5, 0.6) is 28.7 Å². The van der Waals surface area contributed by atoms with Gasteiger partial charge in [0.15, 0.2) is 11.5 Å². The fraction of sp³-hybridized carbons (Fsp3) is 0.259. The standard InChI is InChI=1S/C27H28N2O6/c1-28(19-10-12-22(13-11-19)35-21-8-6-5-7-9-21)27(31)18-14-25(30)29(17-18)20-15-23(32-2)26(34-4)24(16-20)33-3/h5-13,15-16,18H,14,17H2,1-4H3. The number of nitrogens with zero attached hydrogens (tertiary/aromatic N) is 2. The van der Waals surface area contributed by atoms with Crippen molar-refractivity contribution in [3.05, 3.63) is 66.7 Å². The summed E-state index contributed by atoms with van der Waals surface area (Å²) < 4.78 is 22.0. The Kier molecular flexibility index (Phi) is 7.10. The Morgan fingerprint density at radius 2 is 1.49 bits per heavy atom. The number of methoxy groups -OCH3 is 3. The van der Waals surface area contributed by atoms with Gasteiger partial charge >= 0.3 is 0 Å². The molecular weight excluding hydrogens is 448 g/mol. The lowest BCUT2D eigenvalue weighted by molar-refractivity contribution is -0.124. The topological polar surface area (TPSA) is 77.5 Å². The van der Waals surface area contributed by atoms with Gasteiger partial charge in [-0.25, -0.2) is 0 Å². The summed E-state index contributed by atoms with van der Waals surface area (Å²) in [7, 11) is 6.27. The number of ether oxygens (including phenoxy) is 4. The van der Waals surface area contributed by atoms with Gasteiger partial charge in [0.25, 0.3) is 0 Å². The summed E-state index contributed by atoms with van der Waals surface area (Å²) in [5.41, 5.74) is 1.30. The van der Waals surface area contributed by atoms with Gasteiger partial charge < -0.3 is 28.7 Å². The quantitative estimate of drug-likeness (QED) is 0.476. The van der Waals surface area contributed by atoms with Crippen molar-refractivity contribution < 1.29 is 28.5 Å². The zero-order valence-corrected chi connectivity index (χ0v) is 20.2.